The Morgan fingerprint density at radius 2 is 0.821 bits per heavy atom. The van der Waals surface area contributed by atoms with Crippen LogP contribution in [0.2, 0.25) is 0 Å². The normalized spacial score (nSPS) is 11.2. The SMILES string of the molecule is NCCCNCCCNCc1cc(CNCCCNCCCN)cc(CNCCCNCCCNC(=O)O)c1. The Morgan fingerprint density at radius 1 is 0.513 bits per heavy atom. The molecule has 1 rings (SSSR count). The van der Waals surface area contributed by atoms with Crippen molar-refractivity contribution in [3.8, 4) is 0 Å². The van der Waals surface area contributed by atoms with E-state index in [1.807, 2.05) is 0 Å². The van der Waals surface area contributed by atoms with E-state index in [9.17, 15) is 4.79 Å². The van der Waals surface area contributed by atoms with Gasteiger partial charge in [-0.05, 0) is 127 Å². The van der Waals surface area contributed by atoms with Gasteiger partial charge in [-0.25, -0.2) is 4.79 Å². The number of hydrogen-bond acceptors (Lipinski definition) is 9. The quantitative estimate of drug-likeness (QED) is 0.0650. The minimum absolute atomic E-state index is 0.486. The number of hydrogen-bond donors (Lipinski definition) is 10. The number of nitrogens with two attached hydrogens (primary N) is 2. The standard InChI is InChI=1S/C28H57N9O2/c29-7-1-9-31-11-3-15-34-22-25-19-26(23-35-16-4-12-32-10-2-8-30)21-27(20-25)24-36-17-5-13-33-14-6-18-37-28(38)39/h19-21,31-37H,1-18,22-24,29-30H2,(H,38,39). The molecule has 1 aromatic carbocycles. The molecule has 1 aromatic rings. The Hall–Kier alpha value is -1.83. The van der Waals surface area contributed by atoms with Crippen LogP contribution in [-0.2, 0) is 19.6 Å². The fourth-order valence-corrected chi connectivity index (χ4v) is 4.10. The van der Waals surface area contributed by atoms with Gasteiger partial charge in [0.25, 0.3) is 0 Å². The van der Waals surface area contributed by atoms with Gasteiger partial charge in [-0.1, -0.05) is 18.2 Å². The van der Waals surface area contributed by atoms with E-state index in [-0.39, 0.29) is 0 Å². The molecule has 11 nitrogen and oxygen atoms in total. The zero-order chi connectivity index (χ0) is 28.2. The molecule has 0 unspecified atom stereocenters. The number of benzene rings is 1. The molecule has 39 heavy (non-hydrogen) atoms. The highest BCUT2D eigenvalue weighted by Gasteiger charge is 2.03. The first-order chi connectivity index (χ1) is 19.2. The Kier molecular flexibility index (Phi) is 23.8. The summed E-state index contributed by atoms with van der Waals surface area (Å²) in [6, 6.07) is 6.92. The Labute approximate surface area is 236 Å². The van der Waals surface area contributed by atoms with Crippen LogP contribution in [0.3, 0.4) is 0 Å². The van der Waals surface area contributed by atoms with E-state index in [0.29, 0.717) is 6.54 Å². The fourth-order valence-electron chi connectivity index (χ4n) is 4.10. The summed E-state index contributed by atoms with van der Waals surface area (Å²) in [5.74, 6) is 0. The maximum Gasteiger partial charge on any atom is 0.404 e. The van der Waals surface area contributed by atoms with Crippen molar-refractivity contribution in [3.05, 3.63) is 34.9 Å². The van der Waals surface area contributed by atoms with E-state index in [0.717, 1.165) is 130 Å². The van der Waals surface area contributed by atoms with E-state index >= 15 is 0 Å². The average Bonchev–Trinajstić information content (AvgIpc) is 2.92. The molecule has 0 aliphatic carbocycles. The van der Waals surface area contributed by atoms with Gasteiger partial charge in [0.15, 0.2) is 0 Å². The second-order valence-electron chi connectivity index (χ2n) is 9.87. The summed E-state index contributed by atoms with van der Waals surface area (Å²) in [5.41, 5.74) is 15.0. The fraction of sp³-hybridized carbons (Fsp3) is 0.750. The lowest BCUT2D eigenvalue weighted by Gasteiger charge is -2.13. The van der Waals surface area contributed by atoms with Crippen LogP contribution >= 0.6 is 0 Å². The third-order valence-corrected chi connectivity index (χ3v) is 6.14. The van der Waals surface area contributed by atoms with Gasteiger partial charge in [0.1, 0.15) is 0 Å². The lowest BCUT2D eigenvalue weighted by Crippen LogP contribution is -2.27. The molecular formula is C28H57N9O2. The van der Waals surface area contributed by atoms with Gasteiger partial charge in [-0.2, -0.15) is 0 Å². The van der Waals surface area contributed by atoms with Crippen LogP contribution in [0.1, 0.15) is 55.2 Å². The molecular weight excluding hydrogens is 494 g/mol. The van der Waals surface area contributed by atoms with Crippen LogP contribution in [0, 0.1) is 0 Å². The molecule has 11 heteroatoms. The van der Waals surface area contributed by atoms with E-state index in [1.54, 1.807) is 0 Å². The van der Waals surface area contributed by atoms with E-state index in [2.05, 4.69) is 55.4 Å². The summed E-state index contributed by atoms with van der Waals surface area (Å²) in [6.07, 6.45) is 5.12. The Balaban J connectivity index is 2.37. The third kappa shape index (κ3) is 22.7. The highest BCUT2D eigenvalue weighted by atomic mass is 16.4. The lowest BCUT2D eigenvalue weighted by atomic mass is 10.0. The number of carboxylic acid groups (broad SMARTS) is 1. The van der Waals surface area contributed by atoms with Crippen molar-refractivity contribution in [2.24, 2.45) is 11.5 Å². The van der Waals surface area contributed by atoms with Crippen molar-refractivity contribution in [3.63, 3.8) is 0 Å². The summed E-state index contributed by atoms with van der Waals surface area (Å²) in [5, 5.41) is 31.9. The van der Waals surface area contributed by atoms with Crippen molar-refractivity contribution in [1.82, 2.24) is 37.2 Å². The molecule has 0 saturated heterocycles. The summed E-state index contributed by atoms with van der Waals surface area (Å²) < 4.78 is 0. The van der Waals surface area contributed by atoms with Crippen LogP contribution < -0.4 is 48.7 Å². The Bertz CT molecular complexity index is 671. The largest absolute Gasteiger partial charge is 0.465 e. The molecule has 0 bridgehead atoms. The summed E-state index contributed by atoms with van der Waals surface area (Å²) in [4.78, 5) is 10.4. The molecule has 226 valence electrons. The zero-order valence-corrected chi connectivity index (χ0v) is 24.1. The topological polar surface area (TPSA) is 174 Å². The van der Waals surface area contributed by atoms with Crippen LogP contribution in [0.25, 0.3) is 0 Å². The first kappa shape index (κ1) is 35.2. The summed E-state index contributed by atoms with van der Waals surface area (Å²) in [6.45, 7) is 13.2. The average molecular weight is 552 g/mol. The van der Waals surface area contributed by atoms with E-state index in [1.165, 1.54) is 16.7 Å². The molecule has 0 heterocycles. The van der Waals surface area contributed by atoms with E-state index < -0.39 is 6.09 Å². The van der Waals surface area contributed by atoms with Crippen LogP contribution in [0.5, 0.6) is 0 Å². The minimum Gasteiger partial charge on any atom is -0.465 e. The van der Waals surface area contributed by atoms with Gasteiger partial charge >= 0.3 is 6.09 Å². The van der Waals surface area contributed by atoms with Crippen molar-refractivity contribution in [1.29, 1.82) is 0 Å². The van der Waals surface area contributed by atoms with Crippen molar-refractivity contribution in [2.75, 3.05) is 78.5 Å². The second kappa shape index (κ2) is 26.4. The second-order valence-corrected chi connectivity index (χ2v) is 9.87. The maximum absolute atomic E-state index is 10.4. The molecule has 1 amide bonds. The van der Waals surface area contributed by atoms with Crippen LogP contribution in [0.15, 0.2) is 18.2 Å². The molecule has 0 aromatic heterocycles. The van der Waals surface area contributed by atoms with Gasteiger partial charge in [0.2, 0.25) is 0 Å². The van der Waals surface area contributed by atoms with Crippen LogP contribution in [0.4, 0.5) is 4.79 Å². The van der Waals surface area contributed by atoms with E-state index in [4.69, 9.17) is 16.6 Å². The van der Waals surface area contributed by atoms with Gasteiger partial charge in [0.05, 0.1) is 0 Å². The monoisotopic (exact) mass is 551 g/mol. The highest BCUT2D eigenvalue weighted by molar-refractivity contribution is 5.64. The molecule has 0 saturated carbocycles. The number of rotatable bonds is 28. The predicted molar refractivity (Wildman–Crippen MR) is 162 cm³/mol. The summed E-state index contributed by atoms with van der Waals surface area (Å²) >= 11 is 0. The number of carbonyl (C=O) groups is 1. The van der Waals surface area contributed by atoms with Gasteiger partial charge in [0, 0.05) is 26.2 Å². The van der Waals surface area contributed by atoms with Gasteiger partial charge in [-0.15, -0.1) is 0 Å². The molecule has 0 atom stereocenters. The predicted octanol–water partition coefficient (Wildman–Crippen LogP) is 0.250. The minimum atomic E-state index is -0.962. The zero-order valence-electron chi connectivity index (χ0n) is 24.1. The smallest absolute Gasteiger partial charge is 0.404 e. The van der Waals surface area contributed by atoms with Crippen molar-refractivity contribution >= 4 is 6.09 Å². The summed E-state index contributed by atoms with van der Waals surface area (Å²) in [7, 11) is 0. The maximum atomic E-state index is 10.4. The molecule has 0 spiro atoms. The lowest BCUT2D eigenvalue weighted by molar-refractivity contribution is 0.194. The first-order valence-corrected chi connectivity index (χ1v) is 14.9. The van der Waals surface area contributed by atoms with Crippen LogP contribution in [-0.4, -0.2) is 89.7 Å². The highest BCUT2D eigenvalue weighted by Crippen LogP contribution is 2.11. The molecule has 0 aliphatic rings. The van der Waals surface area contributed by atoms with Gasteiger partial charge < -0.3 is 53.8 Å². The number of nitrogens with one attached hydrogen (secondary N) is 7. The van der Waals surface area contributed by atoms with Crippen molar-refractivity contribution in [2.45, 2.75) is 58.2 Å². The number of amides is 1. The first-order valence-electron chi connectivity index (χ1n) is 14.9. The molecule has 0 aliphatic heterocycles. The molecule has 0 radical (unpaired) electrons. The Morgan fingerprint density at radius 3 is 1.15 bits per heavy atom. The third-order valence-electron chi connectivity index (χ3n) is 6.14. The molecule has 0 fully saturated rings. The molecule has 12 N–H and O–H groups in total. The van der Waals surface area contributed by atoms with Gasteiger partial charge in [-0.3, -0.25) is 0 Å². The van der Waals surface area contributed by atoms with Crippen molar-refractivity contribution < 1.29 is 9.90 Å².